The Kier molecular flexibility index (Phi) is 3.23. The number of morpholine rings is 1. The van der Waals surface area contributed by atoms with Crippen molar-refractivity contribution in [3.63, 3.8) is 0 Å². The van der Waals surface area contributed by atoms with Gasteiger partial charge in [-0.15, -0.1) is 0 Å². The molecule has 1 atom stereocenters. The van der Waals surface area contributed by atoms with E-state index in [0.29, 0.717) is 5.78 Å². The molecular weight excluding hydrogens is 268 g/mol. The summed E-state index contributed by atoms with van der Waals surface area (Å²) in [5, 5.41) is 7.64. The number of aromatic nitrogens is 4. The van der Waals surface area contributed by atoms with Crippen molar-refractivity contribution >= 4 is 11.6 Å². The molecule has 1 aliphatic heterocycles. The molecule has 2 aromatic rings. The maximum absolute atomic E-state index is 5.87. The molecule has 0 bridgehead atoms. The lowest BCUT2D eigenvalue weighted by molar-refractivity contribution is -0.0241. The molecule has 0 radical (unpaired) electrons. The van der Waals surface area contributed by atoms with Gasteiger partial charge in [-0.3, -0.25) is 4.90 Å². The molecule has 0 spiro atoms. The number of rotatable bonds is 4. The number of hydrogen-bond donors (Lipinski definition) is 1. The summed E-state index contributed by atoms with van der Waals surface area (Å²) in [7, 11) is 0. The van der Waals surface area contributed by atoms with Crippen LogP contribution in [0.4, 0.5) is 5.82 Å². The molecule has 4 rings (SSSR count). The Bertz CT molecular complexity index is 637. The summed E-state index contributed by atoms with van der Waals surface area (Å²) >= 11 is 0. The topological polar surface area (TPSA) is 67.6 Å². The summed E-state index contributed by atoms with van der Waals surface area (Å²) in [5.41, 5.74) is 0.933. The molecule has 2 aromatic heterocycles. The molecular formula is C14H20N6O. The first-order valence-corrected chi connectivity index (χ1v) is 7.56. The van der Waals surface area contributed by atoms with Crippen LogP contribution in [0.15, 0.2) is 12.4 Å². The fraction of sp³-hybridized carbons (Fsp3) is 0.643. The summed E-state index contributed by atoms with van der Waals surface area (Å²) in [6.07, 6.45) is 4.46. The van der Waals surface area contributed by atoms with E-state index in [2.05, 4.69) is 25.3 Å². The predicted molar refractivity (Wildman–Crippen MR) is 78.3 cm³/mol. The second-order valence-electron chi connectivity index (χ2n) is 5.85. The average molecular weight is 288 g/mol. The van der Waals surface area contributed by atoms with E-state index in [4.69, 9.17) is 4.74 Å². The highest BCUT2D eigenvalue weighted by Crippen LogP contribution is 2.28. The van der Waals surface area contributed by atoms with Crippen molar-refractivity contribution in [3.8, 4) is 0 Å². The quantitative estimate of drug-likeness (QED) is 0.893. The number of anilines is 1. The minimum Gasteiger partial charge on any atom is -0.374 e. The van der Waals surface area contributed by atoms with Gasteiger partial charge in [0, 0.05) is 37.4 Å². The molecule has 1 aliphatic carbocycles. The highest BCUT2D eigenvalue weighted by molar-refractivity contribution is 5.44. The Labute approximate surface area is 123 Å². The molecule has 7 nitrogen and oxygen atoms in total. The minimum atomic E-state index is 0.228. The van der Waals surface area contributed by atoms with Gasteiger partial charge in [0.25, 0.3) is 5.78 Å². The zero-order valence-corrected chi connectivity index (χ0v) is 12.2. The van der Waals surface area contributed by atoms with Crippen LogP contribution in [0.2, 0.25) is 0 Å². The van der Waals surface area contributed by atoms with E-state index in [1.54, 1.807) is 4.52 Å². The largest absolute Gasteiger partial charge is 0.374 e. The lowest BCUT2D eigenvalue weighted by Gasteiger charge is -2.33. The van der Waals surface area contributed by atoms with Crippen LogP contribution in [0.5, 0.6) is 0 Å². The lowest BCUT2D eigenvalue weighted by Crippen LogP contribution is -2.46. The highest BCUT2D eigenvalue weighted by Gasteiger charge is 2.32. The van der Waals surface area contributed by atoms with Crippen molar-refractivity contribution in [1.82, 2.24) is 24.5 Å². The van der Waals surface area contributed by atoms with Gasteiger partial charge in [0.1, 0.15) is 12.1 Å². The molecule has 112 valence electrons. The molecule has 21 heavy (non-hydrogen) atoms. The Morgan fingerprint density at radius 2 is 2.33 bits per heavy atom. The van der Waals surface area contributed by atoms with Gasteiger partial charge >= 0.3 is 0 Å². The summed E-state index contributed by atoms with van der Waals surface area (Å²) in [6, 6.07) is 2.80. The van der Waals surface area contributed by atoms with E-state index in [-0.39, 0.29) is 6.10 Å². The number of fused-ring (bicyclic) bond motifs is 1. The van der Waals surface area contributed by atoms with Crippen molar-refractivity contribution in [1.29, 1.82) is 0 Å². The van der Waals surface area contributed by atoms with E-state index >= 15 is 0 Å². The summed E-state index contributed by atoms with van der Waals surface area (Å²) in [6.45, 7) is 5.66. The zero-order valence-electron chi connectivity index (χ0n) is 12.2. The normalized spacial score (nSPS) is 23.6. The number of nitrogens with zero attached hydrogens (tertiary/aromatic N) is 5. The Balaban J connectivity index is 1.44. The van der Waals surface area contributed by atoms with Crippen molar-refractivity contribution in [2.24, 2.45) is 0 Å². The smallest absolute Gasteiger partial charge is 0.254 e. The van der Waals surface area contributed by atoms with Crippen molar-refractivity contribution in [2.45, 2.75) is 31.9 Å². The van der Waals surface area contributed by atoms with Gasteiger partial charge < -0.3 is 10.1 Å². The maximum Gasteiger partial charge on any atom is 0.254 e. The van der Waals surface area contributed by atoms with Crippen LogP contribution in [-0.2, 0) is 4.74 Å². The van der Waals surface area contributed by atoms with E-state index in [1.807, 2.05) is 13.0 Å². The first kappa shape index (κ1) is 13.0. The third-order valence-electron chi connectivity index (χ3n) is 4.12. The molecule has 2 aliphatic rings. The molecule has 1 N–H and O–H groups in total. The Morgan fingerprint density at radius 1 is 1.43 bits per heavy atom. The monoisotopic (exact) mass is 288 g/mol. The van der Waals surface area contributed by atoms with Crippen molar-refractivity contribution < 1.29 is 4.74 Å². The van der Waals surface area contributed by atoms with E-state index < -0.39 is 0 Å². The van der Waals surface area contributed by atoms with E-state index in [9.17, 15) is 0 Å². The van der Waals surface area contributed by atoms with Crippen LogP contribution < -0.4 is 5.32 Å². The van der Waals surface area contributed by atoms with Crippen LogP contribution in [-0.4, -0.2) is 62.9 Å². The lowest BCUT2D eigenvalue weighted by atomic mass is 10.2. The minimum absolute atomic E-state index is 0.228. The summed E-state index contributed by atoms with van der Waals surface area (Å²) < 4.78 is 7.60. The van der Waals surface area contributed by atoms with Gasteiger partial charge in [0.2, 0.25) is 0 Å². The Morgan fingerprint density at radius 3 is 3.19 bits per heavy atom. The number of hydrogen-bond acceptors (Lipinski definition) is 6. The fourth-order valence-corrected chi connectivity index (χ4v) is 2.91. The van der Waals surface area contributed by atoms with Gasteiger partial charge in [0.05, 0.1) is 12.7 Å². The van der Waals surface area contributed by atoms with Gasteiger partial charge in [-0.1, -0.05) is 0 Å². The molecule has 0 aromatic carbocycles. The second-order valence-corrected chi connectivity index (χ2v) is 5.85. The molecule has 1 saturated carbocycles. The molecule has 2 fully saturated rings. The third-order valence-corrected chi connectivity index (χ3v) is 4.12. The summed E-state index contributed by atoms with van der Waals surface area (Å²) in [4.78, 5) is 11.0. The number of aryl methyl sites for hydroxylation is 1. The second kappa shape index (κ2) is 5.23. The van der Waals surface area contributed by atoms with Crippen LogP contribution in [0.1, 0.15) is 18.5 Å². The van der Waals surface area contributed by atoms with Crippen molar-refractivity contribution in [2.75, 3.05) is 31.6 Å². The highest BCUT2D eigenvalue weighted by atomic mass is 16.5. The van der Waals surface area contributed by atoms with Gasteiger partial charge in [-0.2, -0.15) is 14.6 Å². The van der Waals surface area contributed by atoms with Crippen LogP contribution >= 0.6 is 0 Å². The SMILES string of the molecule is Cc1cc(NCC2CN(C3CC3)CCO2)n2ncnc2n1. The fourth-order valence-electron chi connectivity index (χ4n) is 2.91. The zero-order chi connectivity index (χ0) is 14.2. The number of nitrogens with one attached hydrogen (secondary N) is 1. The molecule has 0 amide bonds. The standard InChI is InChI=1S/C14H20N6O/c1-10-6-13(20-14(18-10)16-9-17-20)15-7-12-8-19(4-5-21-12)11-2-3-11/h6,9,11-12,15H,2-5,7-8H2,1H3. The molecule has 1 saturated heterocycles. The van der Waals surface area contributed by atoms with Crippen LogP contribution in [0.25, 0.3) is 5.78 Å². The molecule has 1 unspecified atom stereocenters. The molecule has 7 heteroatoms. The average Bonchev–Trinajstić information content (AvgIpc) is 3.24. The van der Waals surface area contributed by atoms with Crippen LogP contribution in [0, 0.1) is 6.92 Å². The first-order valence-electron chi connectivity index (χ1n) is 7.56. The summed E-state index contributed by atoms with van der Waals surface area (Å²) in [5.74, 6) is 1.55. The van der Waals surface area contributed by atoms with Crippen molar-refractivity contribution in [3.05, 3.63) is 18.1 Å². The maximum atomic E-state index is 5.87. The van der Waals surface area contributed by atoms with E-state index in [1.165, 1.54) is 19.2 Å². The molecule has 3 heterocycles. The van der Waals surface area contributed by atoms with Crippen LogP contribution in [0.3, 0.4) is 0 Å². The third kappa shape index (κ3) is 2.71. The van der Waals surface area contributed by atoms with Gasteiger partial charge in [0.15, 0.2) is 0 Å². The number of ether oxygens (including phenoxy) is 1. The van der Waals surface area contributed by atoms with E-state index in [0.717, 1.165) is 43.8 Å². The Hall–Kier alpha value is -1.73. The first-order chi connectivity index (χ1) is 10.3. The van der Waals surface area contributed by atoms with Gasteiger partial charge in [-0.05, 0) is 19.8 Å². The van der Waals surface area contributed by atoms with Gasteiger partial charge in [-0.25, -0.2) is 4.98 Å². The predicted octanol–water partition coefficient (Wildman–Crippen LogP) is 0.708.